The highest BCUT2D eigenvalue weighted by Crippen LogP contribution is 2.29. The van der Waals surface area contributed by atoms with E-state index in [0.29, 0.717) is 17.8 Å². The Morgan fingerprint density at radius 2 is 1.68 bits per heavy atom. The van der Waals surface area contributed by atoms with Crippen molar-refractivity contribution in [3.63, 3.8) is 0 Å². The minimum absolute atomic E-state index is 0.0576. The largest absolute Gasteiger partial charge is 0.349 e. The Morgan fingerprint density at radius 3 is 2.45 bits per heavy atom. The molecule has 2 fully saturated rings. The van der Waals surface area contributed by atoms with Crippen LogP contribution in [0.2, 0.25) is 0 Å². The Balaban J connectivity index is 1.44. The Hall–Kier alpha value is -3.15. The van der Waals surface area contributed by atoms with E-state index in [4.69, 9.17) is 0 Å². The molecule has 31 heavy (non-hydrogen) atoms. The first-order chi connectivity index (χ1) is 15.0. The molecule has 2 N–H and O–H groups in total. The highest BCUT2D eigenvalue weighted by molar-refractivity contribution is 6.07. The SMILES string of the molecule is Cc1ccccc1N1CC(C(=O)Nc2ccccc2C(=O)NC2CCCCC2)CC1=O. The Morgan fingerprint density at radius 1 is 0.968 bits per heavy atom. The predicted octanol–water partition coefficient (Wildman–Crippen LogP) is 4.05. The fourth-order valence-electron chi connectivity index (χ4n) is 4.52. The standard InChI is InChI=1S/C25H29N3O3/c1-17-9-5-8-14-22(17)28-16-18(15-23(28)29)24(30)27-21-13-7-6-12-20(21)25(31)26-19-10-3-2-4-11-19/h5-9,12-14,18-19H,2-4,10-11,15-16H2,1H3,(H,26,31)(H,27,30). The number of hydrogen-bond acceptors (Lipinski definition) is 3. The van der Waals surface area contributed by atoms with E-state index in [9.17, 15) is 14.4 Å². The minimum atomic E-state index is -0.457. The van der Waals surface area contributed by atoms with Crippen LogP contribution in [-0.2, 0) is 9.59 Å². The van der Waals surface area contributed by atoms with E-state index in [0.717, 1.165) is 36.9 Å². The minimum Gasteiger partial charge on any atom is -0.349 e. The molecule has 6 nitrogen and oxygen atoms in total. The molecule has 0 aromatic heterocycles. The number of carbonyl (C=O) groups excluding carboxylic acids is 3. The highest BCUT2D eigenvalue weighted by atomic mass is 16.2. The molecule has 0 bridgehead atoms. The van der Waals surface area contributed by atoms with Crippen molar-refractivity contribution in [1.82, 2.24) is 5.32 Å². The molecule has 2 aromatic rings. The summed E-state index contributed by atoms with van der Waals surface area (Å²) < 4.78 is 0. The lowest BCUT2D eigenvalue weighted by atomic mass is 9.95. The van der Waals surface area contributed by atoms with Gasteiger partial charge in [-0.25, -0.2) is 0 Å². The van der Waals surface area contributed by atoms with Crippen LogP contribution in [-0.4, -0.2) is 30.3 Å². The molecule has 6 heteroatoms. The predicted molar refractivity (Wildman–Crippen MR) is 121 cm³/mol. The van der Waals surface area contributed by atoms with Crippen LogP contribution in [0.5, 0.6) is 0 Å². The monoisotopic (exact) mass is 419 g/mol. The van der Waals surface area contributed by atoms with Gasteiger partial charge in [0.2, 0.25) is 11.8 Å². The number of benzene rings is 2. The second-order valence-electron chi connectivity index (χ2n) is 8.54. The molecular formula is C25H29N3O3. The first-order valence-electron chi connectivity index (χ1n) is 11.1. The first kappa shape index (κ1) is 21.1. The van der Waals surface area contributed by atoms with Crippen LogP contribution in [0.4, 0.5) is 11.4 Å². The lowest BCUT2D eigenvalue weighted by Crippen LogP contribution is -2.36. The quantitative estimate of drug-likeness (QED) is 0.767. The normalized spacial score (nSPS) is 19.3. The summed E-state index contributed by atoms with van der Waals surface area (Å²) in [6, 6.07) is 14.9. The van der Waals surface area contributed by atoms with Crippen LogP contribution in [0.1, 0.15) is 54.4 Å². The first-order valence-corrected chi connectivity index (χ1v) is 11.1. The zero-order valence-electron chi connectivity index (χ0n) is 17.9. The molecular weight excluding hydrogens is 390 g/mol. The fourth-order valence-corrected chi connectivity index (χ4v) is 4.52. The van der Waals surface area contributed by atoms with E-state index < -0.39 is 5.92 Å². The molecule has 1 aliphatic carbocycles. The molecule has 1 unspecified atom stereocenters. The van der Waals surface area contributed by atoms with Crippen molar-refractivity contribution in [2.45, 2.75) is 51.5 Å². The number of anilines is 2. The summed E-state index contributed by atoms with van der Waals surface area (Å²) in [5.74, 6) is -0.909. The van der Waals surface area contributed by atoms with Crippen LogP contribution < -0.4 is 15.5 Å². The van der Waals surface area contributed by atoms with Gasteiger partial charge in [-0.15, -0.1) is 0 Å². The third-order valence-electron chi connectivity index (χ3n) is 6.27. The topological polar surface area (TPSA) is 78.5 Å². The summed E-state index contributed by atoms with van der Waals surface area (Å²) in [7, 11) is 0. The molecule has 1 saturated heterocycles. The van der Waals surface area contributed by atoms with E-state index in [1.807, 2.05) is 31.2 Å². The van der Waals surface area contributed by atoms with Crippen LogP contribution in [0.25, 0.3) is 0 Å². The molecule has 0 spiro atoms. The number of hydrogen-bond donors (Lipinski definition) is 2. The molecule has 162 valence electrons. The third kappa shape index (κ3) is 4.79. The lowest BCUT2D eigenvalue weighted by Gasteiger charge is -2.23. The van der Waals surface area contributed by atoms with Gasteiger partial charge in [0.1, 0.15) is 0 Å². The van der Waals surface area contributed by atoms with Gasteiger partial charge in [0.25, 0.3) is 5.91 Å². The molecule has 0 radical (unpaired) electrons. The van der Waals surface area contributed by atoms with Gasteiger partial charge in [-0.2, -0.15) is 0 Å². The van der Waals surface area contributed by atoms with E-state index >= 15 is 0 Å². The van der Waals surface area contributed by atoms with Gasteiger partial charge in [-0.1, -0.05) is 49.6 Å². The van der Waals surface area contributed by atoms with Gasteiger partial charge in [0.15, 0.2) is 0 Å². The van der Waals surface area contributed by atoms with Crippen molar-refractivity contribution < 1.29 is 14.4 Å². The van der Waals surface area contributed by atoms with Crippen molar-refractivity contribution in [2.24, 2.45) is 5.92 Å². The number of carbonyl (C=O) groups is 3. The van der Waals surface area contributed by atoms with E-state index in [1.165, 1.54) is 6.42 Å². The Labute approximate surface area is 183 Å². The summed E-state index contributed by atoms with van der Waals surface area (Å²) in [6.07, 6.45) is 5.65. The second kappa shape index (κ2) is 9.33. The number of rotatable bonds is 5. The zero-order valence-corrected chi connectivity index (χ0v) is 17.9. The number of para-hydroxylation sites is 2. The Kier molecular flexibility index (Phi) is 6.35. The molecule has 1 atom stereocenters. The van der Waals surface area contributed by atoms with Gasteiger partial charge in [0.05, 0.1) is 17.2 Å². The fraction of sp³-hybridized carbons (Fsp3) is 0.400. The van der Waals surface area contributed by atoms with Crippen molar-refractivity contribution in [2.75, 3.05) is 16.8 Å². The molecule has 1 heterocycles. The maximum Gasteiger partial charge on any atom is 0.253 e. The van der Waals surface area contributed by atoms with E-state index in [-0.39, 0.29) is 30.2 Å². The summed E-state index contributed by atoms with van der Waals surface area (Å²) in [5.41, 5.74) is 2.79. The molecule has 3 amide bonds. The third-order valence-corrected chi connectivity index (χ3v) is 6.27. The van der Waals surface area contributed by atoms with E-state index in [2.05, 4.69) is 10.6 Å². The van der Waals surface area contributed by atoms with Gasteiger partial charge in [0, 0.05) is 24.7 Å². The molecule has 2 aromatic carbocycles. The number of nitrogens with zero attached hydrogens (tertiary/aromatic N) is 1. The highest BCUT2D eigenvalue weighted by Gasteiger charge is 2.36. The molecule has 1 saturated carbocycles. The molecule has 4 rings (SSSR count). The van der Waals surface area contributed by atoms with Crippen LogP contribution >= 0.6 is 0 Å². The van der Waals surface area contributed by atoms with Gasteiger partial charge >= 0.3 is 0 Å². The summed E-state index contributed by atoms with van der Waals surface area (Å²) in [6.45, 7) is 2.29. The van der Waals surface area contributed by atoms with Gasteiger partial charge in [-0.3, -0.25) is 14.4 Å². The molecule has 2 aliphatic rings. The average Bonchev–Trinajstić information content (AvgIpc) is 3.16. The van der Waals surface area contributed by atoms with Crippen LogP contribution in [0.3, 0.4) is 0 Å². The maximum atomic E-state index is 13.0. The second-order valence-corrected chi connectivity index (χ2v) is 8.54. The Bertz CT molecular complexity index is 981. The van der Waals surface area contributed by atoms with Crippen LogP contribution in [0.15, 0.2) is 48.5 Å². The average molecular weight is 420 g/mol. The smallest absolute Gasteiger partial charge is 0.253 e. The number of nitrogens with one attached hydrogen (secondary N) is 2. The van der Waals surface area contributed by atoms with Crippen molar-refractivity contribution >= 4 is 29.1 Å². The van der Waals surface area contributed by atoms with E-state index in [1.54, 1.807) is 29.2 Å². The zero-order chi connectivity index (χ0) is 21.8. The summed E-state index contributed by atoms with van der Waals surface area (Å²) in [4.78, 5) is 40.1. The van der Waals surface area contributed by atoms with Gasteiger partial charge in [-0.05, 0) is 43.5 Å². The lowest BCUT2D eigenvalue weighted by molar-refractivity contribution is -0.122. The summed E-state index contributed by atoms with van der Waals surface area (Å²) >= 11 is 0. The van der Waals surface area contributed by atoms with Crippen LogP contribution in [0, 0.1) is 12.8 Å². The van der Waals surface area contributed by atoms with Crippen molar-refractivity contribution in [1.29, 1.82) is 0 Å². The maximum absolute atomic E-state index is 13.0. The van der Waals surface area contributed by atoms with Gasteiger partial charge < -0.3 is 15.5 Å². The summed E-state index contributed by atoms with van der Waals surface area (Å²) in [5, 5.41) is 6.01. The van der Waals surface area contributed by atoms with Crippen molar-refractivity contribution in [3.05, 3.63) is 59.7 Å². The number of amides is 3. The number of aryl methyl sites for hydroxylation is 1. The molecule has 1 aliphatic heterocycles. The van der Waals surface area contributed by atoms with Crippen molar-refractivity contribution in [3.8, 4) is 0 Å².